The number of hydrogen-bond donors (Lipinski definition) is 0. The van der Waals surface area contributed by atoms with Crippen LogP contribution in [0.4, 0.5) is 0 Å². The standard InChI is InChI=1S/C13H20O3S.Na/c1-3-5-11(6-4-2)12-7-9-13(10-8-12)17(14,15)16;/h7-11H,3-6H2,1-2H3,(H,14,15,16);/q;+1/p-1. The number of benzene rings is 1. The molecule has 0 unspecified atom stereocenters. The summed E-state index contributed by atoms with van der Waals surface area (Å²) >= 11 is 0. The molecule has 0 saturated carbocycles. The Morgan fingerprint density at radius 1 is 1.06 bits per heavy atom. The van der Waals surface area contributed by atoms with Crippen LogP contribution in [0.3, 0.4) is 0 Å². The molecule has 0 aliphatic heterocycles. The van der Waals surface area contributed by atoms with Crippen molar-refractivity contribution in [3.05, 3.63) is 29.8 Å². The minimum Gasteiger partial charge on any atom is -0.744 e. The van der Waals surface area contributed by atoms with Gasteiger partial charge in [-0.25, -0.2) is 8.42 Å². The zero-order valence-corrected chi connectivity index (χ0v) is 14.2. The van der Waals surface area contributed by atoms with Crippen molar-refractivity contribution >= 4 is 10.1 Å². The van der Waals surface area contributed by atoms with Gasteiger partial charge in [-0.3, -0.25) is 0 Å². The van der Waals surface area contributed by atoms with Crippen molar-refractivity contribution in [2.45, 2.75) is 50.3 Å². The van der Waals surface area contributed by atoms with Crippen LogP contribution in [0.15, 0.2) is 29.2 Å². The molecule has 0 aliphatic carbocycles. The molecule has 1 aromatic carbocycles. The first kappa shape index (κ1) is 18.1. The van der Waals surface area contributed by atoms with Crippen LogP contribution < -0.4 is 29.6 Å². The van der Waals surface area contributed by atoms with Crippen LogP contribution >= 0.6 is 0 Å². The van der Waals surface area contributed by atoms with Crippen LogP contribution in [-0.2, 0) is 10.1 Å². The van der Waals surface area contributed by atoms with Gasteiger partial charge in [-0.1, -0.05) is 38.8 Å². The average Bonchev–Trinajstić information content (AvgIpc) is 2.28. The molecule has 0 atom stereocenters. The summed E-state index contributed by atoms with van der Waals surface area (Å²) in [6.07, 6.45) is 4.40. The van der Waals surface area contributed by atoms with Crippen molar-refractivity contribution in [1.29, 1.82) is 0 Å². The fraction of sp³-hybridized carbons (Fsp3) is 0.538. The van der Waals surface area contributed by atoms with Gasteiger partial charge in [-0.15, -0.1) is 0 Å². The number of hydrogen-bond acceptors (Lipinski definition) is 3. The molecule has 1 aromatic rings. The Labute approximate surface area is 132 Å². The summed E-state index contributed by atoms with van der Waals surface area (Å²) in [4.78, 5) is -0.145. The molecule has 18 heavy (non-hydrogen) atoms. The molecular weight excluding hydrogens is 259 g/mol. The zero-order valence-electron chi connectivity index (χ0n) is 11.3. The zero-order chi connectivity index (χ0) is 12.9. The van der Waals surface area contributed by atoms with Crippen molar-refractivity contribution in [2.75, 3.05) is 0 Å². The molecule has 0 radical (unpaired) electrons. The molecule has 0 aromatic heterocycles. The maximum absolute atomic E-state index is 10.8. The minimum atomic E-state index is -4.32. The van der Waals surface area contributed by atoms with E-state index in [-0.39, 0.29) is 34.5 Å². The maximum atomic E-state index is 10.8. The average molecular weight is 278 g/mol. The van der Waals surface area contributed by atoms with Crippen LogP contribution in [0.2, 0.25) is 0 Å². The Bertz CT molecular complexity index is 434. The Kier molecular flexibility index (Phi) is 8.39. The van der Waals surface area contributed by atoms with E-state index in [2.05, 4.69) is 13.8 Å². The molecule has 1 rings (SSSR count). The molecule has 0 fully saturated rings. The number of rotatable bonds is 6. The van der Waals surface area contributed by atoms with E-state index in [1.165, 1.54) is 12.1 Å². The molecular formula is C13H19NaO3S. The molecule has 0 N–H and O–H groups in total. The topological polar surface area (TPSA) is 57.2 Å². The SMILES string of the molecule is CCCC(CCC)c1ccc(S(=O)(=O)[O-])cc1.[Na+]. The smallest absolute Gasteiger partial charge is 0.744 e. The van der Waals surface area contributed by atoms with Crippen LogP contribution in [0.5, 0.6) is 0 Å². The van der Waals surface area contributed by atoms with Crippen molar-refractivity contribution < 1.29 is 42.5 Å². The van der Waals surface area contributed by atoms with Crippen LogP contribution in [0.25, 0.3) is 0 Å². The maximum Gasteiger partial charge on any atom is 1.00 e. The quantitative estimate of drug-likeness (QED) is 0.555. The third-order valence-electron chi connectivity index (χ3n) is 2.91. The monoisotopic (exact) mass is 278 g/mol. The van der Waals surface area contributed by atoms with E-state index >= 15 is 0 Å². The van der Waals surface area contributed by atoms with Gasteiger partial charge in [-0.2, -0.15) is 0 Å². The van der Waals surface area contributed by atoms with E-state index in [1.54, 1.807) is 12.1 Å². The van der Waals surface area contributed by atoms with Gasteiger partial charge < -0.3 is 4.55 Å². The molecule has 0 heterocycles. The van der Waals surface area contributed by atoms with E-state index < -0.39 is 10.1 Å². The Morgan fingerprint density at radius 2 is 1.50 bits per heavy atom. The summed E-state index contributed by atoms with van der Waals surface area (Å²) in [6.45, 7) is 4.28. The third kappa shape index (κ3) is 5.41. The fourth-order valence-corrected chi connectivity index (χ4v) is 2.55. The first-order chi connectivity index (χ1) is 7.99. The summed E-state index contributed by atoms with van der Waals surface area (Å²) in [6, 6.07) is 6.35. The molecule has 0 amide bonds. The minimum absolute atomic E-state index is 0. The third-order valence-corrected chi connectivity index (χ3v) is 3.76. The second-order valence-electron chi connectivity index (χ2n) is 4.30. The summed E-state index contributed by atoms with van der Waals surface area (Å²) in [7, 11) is -4.32. The van der Waals surface area contributed by atoms with Gasteiger partial charge in [0.15, 0.2) is 0 Å². The van der Waals surface area contributed by atoms with Gasteiger partial charge in [0, 0.05) is 0 Å². The summed E-state index contributed by atoms with van der Waals surface area (Å²) < 4.78 is 32.4. The first-order valence-corrected chi connectivity index (χ1v) is 7.45. The van der Waals surface area contributed by atoms with E-state index in [1.807, 2.05) is 0 Å². The van der Waals surface area contributed by atoms with Crippen molar-refractivity contribution in [3.8, 4) is 0 Å². The van der Waals surface area contributed by atoms with E-state index in [0.29, 0.717) is 5.92 Å². The summed E-state index contributed by atoms with van der Waals surface area (Å²) in [5.74, 6) is 0.466. The molecule has 0 saturated heterocycles. The Balaban J connectivity index is 0.00000289. The van der Waals surface area contributed by atoms with Gasteiger partial charge in [0.1, 0.15) is 10.1 Å². The predicted molar refractivity (Wildman–Crippen MR) is 67.0 cm³/mol. The molecule has 0 bridgehead atoms. The van der Waals surface area contributed by atoms with Gasteiger partial charge in [0.2, 0.25) is 0 Å². The first-order valence-electron chi connectivity index (χ1n) is 6.04. The van der Waals surface area contributed by atoms with E-state index in [4.69, 9.17) is 0 Å². The van der Waals surface area contributed by atoms with Crippen molar-refractivity contribution in [3.63, 3.8) is 0 Å². The van der Waals surface area contributed by atoms with E-state index in [9.17, 15) is 13.0 Å². The summed E-state index contributed by atoms with van der Waals surface area (Å²) in [5.41, 5.74) is 1.13. The van der Waals surface area contributed by atoms with Gasteiger partial charge in [0.05, 0.1) is 4.90 Å². The van der Waals surface area contributed by atoms with Gasteiger partial charge in [0.25, 0.3) is 0 Å². The largest absolute Gasteiger partial charge is 1.00 e. The van der Waals surface area contributed by atoms with Crippen molar-refractivity contribution in [2.24, 2.45) is 0 Å². The summed E-state index contributed by atoms with van der Waals surface area (Å²) in [5, 5.41) is 0. The van der Waals surface area contributed by atoms with Gasteiger partial charge in [-0.05, 0) is 36.5 Å². The second kappa shape index (κ2) is 8.33. The van der Waals surface area contributed by atoms with Crippen LogP contribution in [-0.4, -0.2) is 13.0 Å². The van der Waals surface area contributed by atoms with E-state index in [0.717, 1.165) is 31.2 Å². The molecule has 5 heteroatoms. The fourth-order valence-electron chi connectivity index (χ4n) is 2.08. The molecule has 3 nitrogen and oxygen atoms in total. The van der Waals surface area contributed by atoms with Crippen LogP contribution in [0, 0.1) is 0 Å². The Morgan fingerprint density at radius 3 is 1.83 bits per heavy atom. The predicted octanol–water partition coefficient (Wildman–Crippen LogP) is 0.278. The normalized spacial score (nSPS) is 11.3. The Hall–Kier alpha value is 0.130. The van der Waals surface area contributed by atoms with Gasteiger partial charge >= 0.3 is 29.6 Å². The van der Waals surface area contributed by atoms with Crippen LogP contribution in [0.1, 0.15) is 51.0 Å². The second-order valence-corrected chi connectivity index (χ2v) is 5.68. The van der Waals surface area contributed by atoms with Crippen molar-refractivity contribution in [1.82, 2.24) is 0 Å². The molecule has 0 spiro atoms. The molecule has 96 valence electrons. The molecule has 0 aliphatic rings.